The molecule has 0 bridgehead atoms. The van der Waals surface area contributed by atoms with Crippen molar-refractivity contribution in [3.8, 4) is 17.1 Å². The van der Waals surface area contributed by atoms with Crippen LogP contribution < -0.4 is 15.4 Å². The third kappa shape index (κ3) is 5.96. The number of aliphatic imine (C=N–C) groups is 1. The summed E-state index contributed by atoms with van der Waals surface area (Å²) in [5.74, 6) is 2.53. The first-order valence-electron chi connectivity index (χ1n) is 9.42. The summed E-state index contributed by atoms with van der Waals surface area (Å²) < 4.78 is 10.7. The minimum atomic E-state index is 0.282. The van der Waals surface area contributed by atoms with E-state index in [0.29, 0.717) is 29.2 Å². The van der Waals surface area contributed by atoms with Crippen LogP contribution in [0.1, 0.15) is 18.4 Å². The molecule has 152 valence electrons. The minimum Gasteiger partial charge on any atom is -0.496 e. The van der Waals surface area contributed by atoms with Crippen LogP contribution in [0, 0.1) is 0 Å². The molecule has 0 aliphatic carbocycles. The van der Waals surface area contributed by atoms with Crippen molar-refractivity contribution in [1.82, 2.24) is 20.8 Å². The number of methoxy groups -OCH3 is 1. The second-order valence-electron chi connectivity index (χ2n) is 6.20. The molecule has 29 heavy (non-hydrogen) atoms. The number of hydrogen-bond donors (Lipinski definition) is 2. The summed E-state index contributed by atoms with van der Waals surface area (Å²) in [6, 6.07) is 15.3. The second-order valence-corrected chi connectivity index (χ2v) is 6.64. The third-order valence-corrected chi connectivity index (χ3v) is 4.42. The SMILES string of the molecule is CCNC(=NCc1nc(-c2ccc(Cl)cc2)no1)NCCc1ccccc1OC. The van der Waals surface area contributed by atoms with Crippen LogP contribution in [-0.4, -0.2) is 36.3 Å². The first-order valence-corrected chi connectivity index (χ1v) is 9.80. The van der Waals surface area contributed by atoms with Crippen LogP contribution in [0.2, 0.25) is 5.02 Å². The first kappa shape index (κ1) is 20.7. The van der Waals surface area contributed by atoms with Crippen LogP contribution >= 0.6 is 11.6 Å². The summed E-state index contributed by atoms with van der Waals surface area (Å²) in [5, 5.41) is 11.2. The molecule has 0 saturated heterocycles. The Bertz CT molecular complexity index is 940. The number of hydrogen-bond acceptors (Lipinski definition) is 5. The number of aromatic nitrogens is 2. The second kappa shape index (κ2) is 10.5. The molecule has 0 aliphatic rings. The molecule has 0 fully saturated rings. The van der Waals surface area contributed by atoms with Gasteiger partial charge in [0, 0.05) is 23.7 Å². The molecule has 7 nitrogen and oxygen atoms in total. The van der Waals surface area contributed by atoms with E-state index >= 15 is 0 Å². The quantitative estimate of drug-likeness (QED) is 0.432. The molecule has 1 aromatic heterocycles. The highest BCUT2D eigenvalue weighted by molar-refractivity contribution is 6.30. The maximum absolute atomic E-state index is 5.91. The average molecular weight is 414 g/mol. The zero-order chi connectivity index (χ0) is 20.5. The molecular weight excluding hydrogens is 390 g/mol. The van der Waals surface area contributed by atoms with Gasteiger partial charge >= 0.3 is 0 Å². The fourth-order valence-electron chi connectivity index (χ4n) is 2.75. The van der Waals surface area contributed by atoms with Crippen LogP contribution in [0.5, 0.6) is 5.75 Å². The van der Waals surface area contributed by atoms with Crippen LogP contribution in [-0.2, 0) is 13.0 Å². The molecule has 0 aliphatic heterocycles. The predicted octanol–water partition coefficient (Wildman–Crippen LogP) is 3.70. The van der Waals surface area contributed by atoms with Crippen molar-refractivity contribution in [2.45, 2.75) is 19.9 Å². The summed E-state index contributed by atoms with van der Waals surface area (Å²) >= 11 is 5.91. The first-order chi connectivity index (χ1) is 14.2. The van der Waals surface area contributed by atoms with Crippen molar-refractivity contribution >= 4 is 17.6 Å². The maximum atomic E-state index is 5.91. The Morgan fingerprint density at radius 3 is 2.69 bits per heavy atom. The van der Waals surface area contributed by atoms with Gasteiger partial charge in [-0.2, -0.15) is 4.98 Å². The number of nitrogens with one attached hydrogen (secondary N) is 2. The van der Waals surface area contributed by atoms with Crippen LogP contribution in [0.4, 0.5) is 0 Å². The maximum Gasteiger partial charge on any atom is 0.248 e. The molecule has 8 heteroatoms. The van der Waals surface area contributed by atoms with Crippen molar-refractivity contribution in [3.05, 3.63) is 65.0 Å². The Morgan fingerprint density at radius 2 is 1.93 bits per heavy atom. The number of para-hydroxylation sites is 1. The largest absolute Gasteiger partial charge is 0.496 e. The molecule has 3 aromatic rings. The normalized spacial score (nSPS) is 11.3. The van der Waals surface area contributed by atoms with Crippen molar-refractivity contribution in [2.24, 2.45) is 4.99 Å². The van der Waals surface area contributed by atoms with Crippen LogP contribution in [0.15, 0.2) is 58.0 Å². The van der Waals surface area contributed by atoms with Crippen molar-refractivity contribution in [2.75, 3.05) is 20.2 Å². The van der Waals surface area contributed by atoms with Crippen molar-refractivity contribution in [1.29, 1.82) is 0 Å². The van der Waals surface area contributed by atoms with Crippen molar-refractivity contribution in [3.63, 3.8) is 0 Å². The van der Waals surface area contributed by atoms with Gasteiger partial charge in [-0.05, 0) is 49.2 Å². The van der Waals surface area contributed by atoms with E-state index in [1.807, 2.05) is 37.3 Å². The van der Waals surface area contributed by atoms with E-state index < -0.39 is 0 Å². The molecule has 0 unspecified atom stereocenters. The lowest BCUT2D eigenvalue weighted by atomic mass is 10.1. The summed E-state index contributed by atoms with van der Waals surface area (Å²) in [6.45, 7) is 3.76. The molecule has 0 atom stereocenters. The van der Waals surface area contributed by atoms with Gasteiger partial charge in [-0.25, -0.2) is 4.99 Å². The number of nitrogens with zero attached hydrogens (tertiary/aromatic N) is 3. The molecule has 0 spiro atoms. The molecular formula is C21H24ClN5O2. The molecule has 2 N–H and O–H groups in total. The Morgan fingerprint density at radius 1 is 1.14 bits per heavy atom. The van der Waals surface area contributed by atoms with Gasteiger partial charge in [0.15, 0.2) is 5.96 Å². The van der Waals surface area contributed by atoms with E-state index in [2.05, 4.69) is 31.8 Å². The number of rotatable bonds is 8. The lowest BCUT2D eigenvalue weighted by Gasteiger charge is -2.12. The summed E-state index contributed by atoms with van der Waals surface area (Å²) in [7, 11) is 1.68. The lowest BCUT2D eigenvalue weighted by Crippen LogP contribution is -2.38. The van der Waals surface area contributed by atoms with Gasteiger partial charge in [-0.3, -0.25) is 0 Å². The molecule has 1 heterocycles. The number of ether oxygens (including phenoxy) is 1. The van der Waals surface area contributed by atoms with Crippen LogP contribution in [0.3, 0.4) is 0 Å². The smallest absolute Gasteiger partial charge is 0.248 e. The van der Waals surface area contributed by atoms with E-state index in [1.165, 1.54) is 0 Å². The topological polar surface area (TPSA) is 84.6 Å². The number of benzene rings is 2. The van der Waals surface area contributed by atoms with Gasteiger partial charge in [0.25, 0.3) is 0 Å². The Hall–Kier alpha value is -3.06. The van der Waals surface area contributed by atoms with Crippen molar-refractivity contribution < 1.29 is 9.26 Å². The van der Waals surface area contributed by atoms with Gasteiger partial charge in [0.2, 0.25) is 11.7 Å². The molecule has 3 rings (SSSR count). The van der Waals surface area contributed by atoms with E-state index in [4.69, 9.17) is 20.9 Å². The average Bonchev–Trinajstić information content (AvgIpc) is 3.22. The monoisotopic (exact) mass is 413 g/mol. The summed E-state index contributed by atoms with van der Waals surface area (Å²) in [4.78, 5) is 8.92. The van der Waals surface area contributed by atoms with Gasteiger partial charge in [-0.1, -0.05) is 35.0 Å². The van der Waals surface area contributed by atoms with Gasteiger partial charge < -0.3 is 19.9 Å². The summed E-state index contributed by atoms with van der Waals surface area (Å²) in [6.07, 6.45) is 0.815. The fourth-order valence-corrected chi connectivity index (χ4v) is 2.87. The molecule has 2 aromatic carbocycles. The highest BCUT2D eigenvalue weighted by Gasteiger charge is 2.09. The number of halogens is 1. The van der Waals surface area contributed by atoms with E-state index in [0.717, 1.165) is 29.8 Å². The Labute approximate surface area is 175 Å². The highest BCUT2D eigenvalue weighted by Crippen LogP contribution is 2.19. The molecule has 0 radical (unpaired) electrons. The standard InChI is InChI=1S/C21H24ClN5O2/c1-3-23-21(24-13-12-15-6-4-5-7-18(15)28-2)25-14-19-26-20(27-29-19)16-8-10-17(22)11-9-16/h4-11H,3,12-14H2,1-2H3,(H2,23,24,25). The highest BCUT2D eigenvalue weighted by atomic mass is 35.5. The van der Waals surface area contributed by atoms with Gasteiger partial charge in [0.1, 0.15) is 12.3 Å². The summed E-state index contributed by atoms with van der Waals surface area (Å²) in [5.41, 5.74) is 1.98. The zero-order valence-electron chi connectivity index (χ0n) is 16.5. The number of guanidine groups is 1. The molecule has 0 saturated carbocycles. The van der Waals surface area contributed by atoms with E-state index in [1.54, 1.807) is 19.2 Å². The Balaban J connectivity index is 1.58. The minimum absolute atomic E-state index is 0.282. The van der Waals surface area contributed by atoms with Crippen LogP contribution in [0.25, 0.3) is 11.4 Å². The zero-order valence-corrected chi connectivity index (χ0v) is 17.2. The van der Waals surface area contributed by atoms with Gasteiger partial charge in [-0.15, -0.1) is 0 Å². The predicted molar refractivity (Wildman–Crippen MR) is 114 cm³/mol. The Kier molecular flexibility index (Phi) is 7.47. The van der Waals surface area contributed by atoms with E-state index in [-0.39, 0.29) is 6.54 Å². The third-order valence-electron chi connectivity index (χ3n) is 4.17. The molecule has 0 amide bonds. The van der Waals surface area contributed by atoms with E-state index in [9.17, 15) is 0 Å². The fraction of sp³-hybridized carbons (Fsp3) is 0.286. The van der Waals surface area contributed by atoms with Gasteiger partial charge in [0.05, 0.1) is 7.11 Å². The lowest BCUT2D eigenvalue weighted by molar-refractivity contribution is 0.380.